The van der Waals surface area contributed by atoms with E-state index in [2.05, 4.69) is 51.7 Å². The number of aromatic nitrogens is 2. The average molecular weight is 427 g/mol. The molecule has 3 nitrogen and oxygen atoms in total. The molecule has 1 heterocycles. The maximum atomic E-state index is 6.23. The van der Waals surface area contributed by atoms with E-state index in [-0.39, 0.29) is 5.41 Å². The SMILES string of the molecule is CC(C)c1ccccc1Oc1cc(C(C)(C)C)nc(SCc2cccc(Cl)c2)n1. The second-order valence-electron chi connectivity index (χ2n) is 8.34. The Kier molecular flexibility index (Phi) is 6.86. The van der Waals surface area contributed by atoms with Gasteiger partial charge in [-0.05, 0) is 35.2 Å². The van der Waals surface area contributed by atoms with Gasteiger partial charge in [-0.2, -0.15) is 4.98 Å². The summed E-state index contributed by atoms with van der Waals surface area (Å²) in [5, 5.41) is 1.44. The first-order chi connectivity index (χ1) is 13.7. The van der Waals surface area contributed by atoms with Crippen molar-refractivity contribution in [2.24, 2.45) is 0 Å². The van der Waals surface area contributed by atoms with Gasteiger partial charge >= 0.3 is 0 Å². The van der Waals surface area contributed by atoms with Gasteiger partial charge in [0.1, 0.15) is 5.75 Å². The monoisotopic (exact) mass is 426 g/mol. The normalized spacial score (nSPS) is 11.7. The van der Waals surface area contributed by atoms with Gasteiger partial charge in [-0.15, -0.1) is 0 Å². The van der Waals surface area contributed by atoms with Gasteiger partial charge in [0.15, 0.2) is 5.16 Å². The van der Waals surface area contributed by atoms with E-state index in [1.807, 2.05) is 42.5 Å². The van der Waals surface area contributed by atoms with E-state index >= 15 is 0 Å². The molecule has 0 fully saturated rings. The minimum Gasteiger partial charge on any atom is -0.439 e. The summed E-state index contributed by atoms with van der Waals surface area (Å²) < 4.78 is 6.23. The summed E-state index contributed by atoms with van der Waals surface area (Å²) in [6.07, 6.45) is 0. The summed E-state index contributed by atoms with van der Waals surface area (Å²) in [5.41, 5.74) is 3.15. The van der Waals surface area contributed by atoms with E-state index in [0.717, 1.165) is 33.3 Å². The second kappa shape index (κ2) is 9.19. The molecule has 0 spiro atoms. The first kappa shape index (κ1) is 21.7. The van der Waals surface area contributed by atoms with Gasteiger partial charge in [-0.3, -0.25) is 0 Å². The van der Waals surface area contributed by atoms with Crippen molar-refractivity contribution in [2.75, 3.05) is 0 Å². The molecule has 0 N–H and O–H groups in total. The van der Waals surface area contributed by atoms with Crippen LogP contribution in [0.2, 0.25) is 5.02 Å². The van der Waals surface area contributed by atoms with Gasteiger partial charge in [-0.1, -0.05) is 88.3 Å². The fourth-order valence-electron chi connectivity index (χ4n) is 2.84. The lowest BCUT2D eigenvalue weighted by molar-refractivity contribution is 0.439. The molecule has 0 amide bonds. The lowest BCUT2D eigenvalue weighted by Gasteiger charge is -2.20. The number of benzene rings is 2. The number of para-hydroxylation sites is 1. The molecule has 0 bridgehead atoms. The Morgan fingerprint density at radius 3 is 2.45 bits per heavy atom. The quantitative estimate of drug-likeness (QED) is 0.299. The van der Waals surface area contributed by atoms with E-state index in [9.17, 15) is 0 Å². The maximum absolute atomic E-state index is 6.23. The van der Waals surface area contributed by atoms with E-state index in [1.165, 1.54) is 0 Å². The van der Waals surface area contributed by atoms with Gasteiger partial charge < -0.3 is 4.74 Å². The Morgan fingerprint density at radius 2 is 1.76 bits per heavy atom. The Bertz CT molecular complexity index is 983. The number of thioether (sulfide) groups is 1. The molecule has 0 aliphatic carbocycles. The topological polar surface area (TPSA) is 35.0 Å². The molecule has 0 radical (unpaired) electrons. The zero-order valence-electron chi connectivity index (χ0n) is 17.6. The average Bonchev–Trinajstić information content (AvgIpc) is 2.66. The van der Waals surface area contributed by atoms with E-state index in [4.69, 9.17) is 21.3 Å². The molecule has 0 aliphatic rings. The maximum Gasteiger partial charge on any atom is 0.223 e. The smallest absolute Gasteiger partial charge is 0.223 e. The summed E-state index contributed by atoms with van der Waals surface area (Å²) >= 11 is 7.69. The number of nitrogens with zero attached hydrogens (tertiary/aromatic N) is 2. The summed E-state index contributed by atoms with van der Waals surface area (Å²) in [4.78, 5) is 9.46. The molecule has 0 unspecified atom stereocenters. The van der Waals surface area contributed by atoms with Gasteiger partial charge in [0, 0.05) is 22.3 Å². The molecule has 29 heavy (non-hydrogen) atoms. The van der Waals surface area contributed by atoms with Crippen LogP contribution in [0.25, 0.3) is 0 Å². The van der Waals surface area contributed by atoms with Crippen molar-refractivity contribution < 1.29 is 4.74 Å². The zero-order valence-corrected chi connectivity index (χ0v) is 19.1. The van der Waals surface area contributed by atoms with Crippen molar-refractivity contribution in [2.45, 2.75) is 56.9 Å². The molecule has 3 rings (SSSR count). The second-order valence-corrected chi connectivity index (χ2v) is 9.72. The first-order valence-corrected chi connectivity index (χ1v) is 11.1. The molecule has 0 aliphatic heterocycles. The third-order valence-corrected chi connectivity index (χ3v) is 5.62. The minimum atomic E-state index is -0.107. The van der Waals surface area contributed by atoms with Crippen LogP contribution in [0.4, 0.5) is 0 Å². The lowest BCUT2D eigenvalue weighted by atomic mass is 9.92. The molecule has 1 aromatic heterocycles. The predicted octanol–water partition coefficient (Wildman–Crippen LogP) is 7.64. The molecule has 0 saturated heterocycles. The van der Waals surface area contributed by atoms with Gasteiger partial charge in [-0.25, -0.2) is 4.98 Å². The summed E-state index contributed by atoms with van der Waals surface area (Å²) in [5.74, 6) is 2.53. The van der Waals surface area contributed by atoms with Crippen molar-refractivity contribution in [1.82, 2.24) is 9.97 Å². The highest BCUT2D eigenvalue weighted by Gasteiger charge is 2.20. The summed E-state index contributed by atoms with van der Waals surface area (Å²) in [7, 11) is 0. The van der Waals surface area contributed by atoms with Crippen LogP contribution >= 0.6 is 23.4 Å². The molecule has 152 valence electrons. The van der Waals surface area contributed by atoms with Crippen LogP contribution in [0.5, 0.6) is 11.6 Å². The van der Waals surface area contributed by atoms with E-state index in [1.54, 1.807) is 11.8 Å². The zero-order chi connectivity index (χ0) is 21.0. The Labute approximate surface area is 182 Å². The van der Waals surface area contributed by atoms with Crippen LogP contribution in [0.1, 0.15) is 57.4 Å². The molecule has 0 atom stereocenters. The number of rotatable bonds is 6. The number of hydrogen-bond donors (Lipinski definition) is 0. The third kappa shape index (κ3) is 5.97. The molecule has 5 heteroatoms. The van der Waals surface area contributed by atoms with Crippen LogP contribution in [0.15, 0.2) is 59.8 Å². The summed E-state index contributed by atoms with van der Waals surface area (Å²) in [6, 6.07) is 17.9. The minimum absolute atomic E-state index is 0.107. The first-order valence-electron chi connectivity index (χ1n) is 9.76. The van der Waals surface area contributed by atoms with Crippen molar-refractivity contribution in [3.05, 3.63) is 76.4 Å². The van der Waals surface area contributed by atoms with Crippen LogP contribution in [-0.2, 0) is 11.2 Å². The standard InChI is InChI=1S/C24H27ClN2OS/c1-16(2)19-11-6-7-12-20(19)28-22-14-21(24(3,4)5)26-23(27-22)29-15-17-9-8-10-18(25)13-17/h6-14,16H,15H2,1-5H3. The predicted molar refractivity (Wildman–Crippen MR) is 122 cm³/mol. The Morgan fingerprint density at radius 1 is 1.00 bits per heavy atom. The fourth-order valence-corrected chi connectivity index (χ4v) is 3.85. The van der Waals surface area contributed by atoms with Crippen molar-refractivity contribution in [3.8, 4) is 11.6 Å². The summed E-state index contributed by atoms with van der Waals surface area (Å²) in [6.45, 7) is 10.8. The Balaban J connectivity index is 1.90. The third-order valence-electron chi connectivity index (χ3n) is 4.46. The highest BCUT2D eigenvalue weighted by molar-refractivity contribution is 7.98. The van der Waals surface area contributed by atoms with Crippen molar-refractivity contribution in [1.29, 1.82) is 0 Å². The number of halogens is 1. The van der Waals surface area contributed by atoms with Crippen LogP contribution in [-0.4, -0.2) is 9.97 Å². The fraction of sp³-hybridized carbons (Fsp3) is 0.333. The van der Waals surface area contributed by atoms with E-state index in [0.29, 0.717) is 17.0 Å². The molecular formula is C24H27ClN2OS. The highest BCUT2D eigenvalue weighted by Crippen LogP contribution is 2.33. The van der Waals surface area contributed by atoms with Gasteiger partial charge in [0.05, 0.1) is 5.69 Å². The number of ether oxygens (including phenoxy) is 1. The molecule has 3 aromatic rings. The van der Waals surface area contributed by atoms with Gasteiger partial charge in [0.25, 0.3) is 0 Å². The van der Waals surface area contributed by atoms with Crippen molar-refractivity contribution >= 4 is 23.4 Å². The van der Waals surface area contributed by atoms with Crippen molar-refractivity contribution in [3.63, 3.8) is 0 Å². The van der Waals surface area contributed by atoms with E-state index < -0.39 is 0 Å². The Hall–Kier alpha value is -2.04. The molecular weight excluding hydrogens is 400 g/mol. The van der Waals surface area contributed by atoms with Crippen LogP contribution < -0.4 is 4.74 Å². The molecule has 2 aromatic carbocycles. The van der Waals surface area contributed by atoms with Crippen LogP contribution in [0.3, 0.4) is 0 Å². The largest absolute Gasteiger partial charge is 0.439 e. The highest BCUT2D eigenvalue weighted by atomic mass is 35.5. The van der Waals surface area contributed by atoms with Gasteiger partial charge in [0.2, 0.25) is 5.88 Å². The van der Waals surface area contributed by atoms with Crippen LogP contribution in [0, 0.1) is 0 Å². The number of hydrogen-bond acceptors (Lipinski definition) is 4. The lowest BCUT2D eigenvalue weighted by Crippen LogP contribution is -2.14. The molecule has 0 saturated carbocycles.